The first-order valence-electron chi connectivity index (χ1n) is 19.1. The summed E-state index contributed by atoms with van der Waals surface area (Å²) in [6, 6.07) is 19.1. The molecule has 6 N–H and O–H groups in total. The molecule has 0 aliphatic heterocycles. The Balaban J connectivity index is 0.000000150. The molecule has 58 heavy (non-hydrogen) atoms. The summed E-state index contributed by atoms with van der Waals surface area (Å²) in [5.74, 6) is 3.48. The molecule has 2 aliphatic carbocycles. The molecule has 6 atom stereocenters. The largest absolute Gasteiger partial charge is 0.360 e. The number of rotatable bonds is 12. The Morgan fingerprint density at radius 2 is 1.03 bits per heavy atom. The molecule has 8 aromatic rings. The fourth-order valence-electron chi connectivity index (χ4n) is 6.70. The fourth-order valence-corrected chi connectivity index (χ4v) is 6.70. The van der Waals surface area contributed by atoms with Crippen LogP contribution in [-0.2, 0) is 0 Å². The lowest BCUT2D eigenvalue weighted by molar-refractivity contribution is 0.466. The maximum absolute atomic E-state index is 13.2. The summed E-state index contributed by atoms with van der Waals surface area (Å²) in [5.41, 5.74) is 7.37. The summed E-state index contributed by atoms with van der Waals surface area (Å²) in [6.07, 6.45) is 6.75. The maximum atomic E-state index is 13.2. The van der Waals surface area contributed by atoms with E-state index in [0.717, 1.165) is 44.8 Å². The van der Waals surface area contributed by atoms with Gasteiger partial charge in [0.2, 0.25) is 11.9 Å². The molecule has 8 aromatic heterocycles. The smallest absolute Gasteiger partial charge is 0.227 e. The average molecular weight is 785 g/mol. The quantitative estimate of drug-likeness (QED) is 0.0708. The Morgan fingerprint density at radius 3 is 1.45 bits per heavy atom. The fraction of sp³-hybridized carbons (Fsp3) is 0.300. The van der Waals surface area contributed by atoms with Crippen LogP contribution in [0.25, 0.3) is 22.1 Å². The van der Waals surface area contributed by atoms with Gasteiger partial charge in [0.25, 0.3) is 0 Å². The zero-order valence-corrected chi connectivity index (χ0v) is 32.2. The van der Waals surface area contributed by atoms with Crippen LogP contribution in [0.1, 0.15) is 73.4 Å². The lowest BCUT2D eigenvalue weighted by Gasteiger charge is -2.24. The van der Waals surface area contributed by atoms with Gasteiger partial charge in [0.05, 0.1) is 45.5 Å². The van der Waals surface area contributed by atoms with Crippen molar-refractivity contribution in [3.05, 3.63) is 108 Å². The van der Waals surface area contributed by atoms with Crippen molar-refractivity contribution in [3.8, 4) is 0 Å². The van der Waals surface area contributed by atoms with Gasteiger partial charge < -0.3 is 30.4 Å². The molecule has 2 aliphatic rings. The van der Waals surface area contributed by atoms with Gasteiger partial charge in [-0.1, -0.05) is 0 Å². The van der Waals surface area contributed by atoms with E-state index in [2.05, 4.69) is 74.8 Å². The van der Waals surface area contributed by atoms with Gasteiger partial charge in [0.15, 0.2) is 11.6 Å². The number of H-pyrrole nitrogens is 4. The van der Waals surface area contributed by atoms with E-state index in [1.165, 1.54) is 0 Å². The number of alkyl halides is 2. The van der Waals surface area contributed by atoms with Gasteiger partial charge in [0.1, 0.15) is 24.0 Å². The molecule has 0 saturated heterocycles. The number of aromatic nitrogens is 12. The van der Waals surface area contributed by atoms with Gasteiger partial charge in [-0.3, -0.25) is 10.2 Å². The van der Waals surface area contributed by atoms with Gasteiger partial charge in [-0.05, 0) is 75.2 Å². The first-order chi connectivity index (χ1) is 28.2. The van der Waals surface area contributed by atoms with E-state index >= 15 is 0 Å². The number of pyridine rings is 2. The molecule has 0 spiro atoms. The van der Waals surface area contributed by atoms with E-state index < -0.39 is 12.3 Å². The highest BCUT2D eigenvalue weighted by molar-refractivity contribution is 5.75. The summed E-state index contributed by atoms with van der Waals surface area (Å²) in [4.78, 5) is 37.7. The SMILES string of the molecule is C[C@@H](c1ccc2[nH]ccc2n1)N(C)c1nccc(Nc2cc([C@H]3C[C@H]3F)[nH]n2)n1.C[C@H](c1ccc2[nH]ccc2n1)N(C)c1nccc(Nc2cc([C@H]3C[C@H]3F)[nH]n2)n1. The zero-order valence-electron chi connectivity index (χ0n) is 32.2. The second kappa shape index (κ2) is 15.2. The van der Waals surface area contributed by atoms with Crippen molar-refractivity contribution in [1.29, 1.82) is 0 Å². The molecule has 18 heteroatoms. The van der Waals surface area contributed by atoms with Gasteiger partial charge >= 0.3 is 0 Å². The number of hydrogen-bond acceptors (Lipinski definition) is 12. The molecule has 296 valence electrons. The molecular weight excluding hydrogens is 743 g/mol. The molecule has 0 radical (unpaired) electrons. The summed E-state index contributed by atoms with van der Waals surface area (Å²) in [5, 5.41) is 20.5. The van der Waals surface area contributed by atoms with Crippen molar-refractivity contribution in [2.75, 3.05) is 34.5 Å². The number of anilines is 6. The normalized spacial score (nSPS) is 19.3. The highest BCUT2D eigenvalue weighted by Crippen LogP contribution is 2.44. The Hall–Kier alpha value is -6.98. The van der Waals surface area contributed by atoms with Crippen molar-refractivity contribution in [1.82, 2.24) is 60.3 Å². The van der Waals surface area contributed by atoms with Gasteiger partial charge in [-0.25, -0.2) is 28.7 Å². The first-order valence-corrected chi connectivity index (χ1v) is 19.1. The third-order valence-corrected chi connectivity index (χ3v) is 10.7. The standard InChI is InChI=1S/2C20H21FN8/c2*1-11(14-3-4-15-16(24-14)5-7-22-15)29(2)20-23-8-6-18(26-20)25-19-10-17(27-28-19)12-9-13(12)21/h2*3-8,10-13,22H,9H2,1-2H3,(H2,23,25,26,27,28)/t11-,12+,13-;11-,12-,13+/m10/s1. The first kappa shape index (κ1) is 36.6. The van der Waals surface area contributed by atoms with Crippen LogP contribution in [0.4, 0.5) is 43.9 Å². The van der Waals surface area contributed by atoms with Crippen LogP contribution in [0.15, 0.2) is 85.5 Å². The number of halogens is 2. The minimum absolute atomic E-state index is 0.0158. The molecule has 0 amide bonds. The van der Waals surface area contributed by atoms with Crippen LogP contribution >= 0.6 is 0 Å². The van der Waals surface area contributed by atoms with Crippen LogP contribution in [0.5, 0.6) is 0 Å². The minimum atomic E-state index is -0.761. The van der Waals surface area contributed by atoms with Crippen molar-refractivity contribution in [3.63, 3.8) is 0 Å². The summed E-state index contributed by atoms with van der Waals surface area (Å²) < 4.78 is 26.4. The van der Waals surface area contributed by atoms with Crippen LogP contribution in [-0.4, -0.2) is 86.7 Å². The third-order valence-electron chi connectivity index (χ3n) is 10.7. The number of aromatic amines is 4. The molecule has 0 aromatic carbocycles. The van der Waals surface area contributed by atoms with Crippen LogP contribution < -0.4 is 20.4 Å². The van der Waals surface area contributed by atoms with E-state index in [-0.39, 0.29) is 23.9 Å². The highest BCUT2D eigenvalue weighted by atomic mass is 19.1. The van der Waals surface area contributed by atoms with E-state index in [1.807, 2.05) is 84.8 Å². The average Bonchev–Trinajstić information content (AvgIpc) is 3.73. The maximum Gasteiger partial charge on any atom is 0.227 e. The van der Waals surface area contributed by atoms with Gasteiger partial charge in [-0.15, -0.1) is 0 Å². The second-order valence-electron chi connectivity index (χ2n) is 14.7. The second-order valence-corrected chi connectivity index (χ2v) is 14.7. The van der Waals surface area contributed by atoms with Crippen LogP contribution in [0, 0.1) is 0 Å². The van der Waals surface area contributed by atoms with Crippen LogP contribution in [0.2, 0.25) is 0 Å². The van der Waals surface area contributed by atoms with E-state index in [9.17, 15) is 8.78 Å². The Labute approximate surface area is 331 Å². The number of fused-ring (bicyclic) bond motifs is 2. The predicted octanol–water partition coefficient (Wildman–Crippen LogP) is 7.68. The topological polar surface area (TPSA) is 197 Å². The summed E-state index contributed by atoms with van der Waals surface area (Å²) in [6.45, 7) is 4.13. The lowest BCUT2D eigenvalue weighted by atomic mass is 10.2. The molecule has 0 bridgehead atoms. The Kier molecular flexibility index (Phi) is 9.58. The molecule has 8 heterocycles. The summed E-state index contributed by atoms with van der Waals surface area (Å²) in [7, 11) is 3.88. The lowest BCUT2D eigenvalue weighted by Crippen LogP contribution is -2.24. The molecule has 2 fully saturated rings. The van der Waals surface area contributed by atoms with Gasteiger partial charge in [-0.2, -0.15) is 20.2 Å². The van der Waals surface area contributed by atoms with E-state index in [1.54, 1.807) is 24.5 Å². The molecule has 0 unspecified atom stereocenters. The van der Waals surface area contributed by atoms with E-state index in [4.69, 9.17) is 9.97 Å². The molecule has 16 nitrogen and oxygen atoms in total. The monoisotopic (exact) mass is 784 g/mol. The Bertz CT molecular complexity index is 2490. The minimum Gasteiger partial charge on any atom is -0.360 e. The zero-order chi connectivity index (χ0) is 39.9. The number of nitrogens with one attached hydrogen (secondary N) is 6. The summed E-state index contributed by atoms with van der Waals surface area (Å²) >= 11 is 0. The number of hydrogen-bond donors (Lipinski definition) is 6. The van der Waals surface area contributed by atoms with Crippen LogP contribution in [0.3, 0.4) is 0 Å². The molecule has 10 rings (SSSR count). The predicted molar refractivity (Wildman–Crippen MR) is 218 cm³/mol. The van der Waals surface area contributed by atoms with E-state index in [0.29, 0.717) is 48.0 Å². The van der Waals surface area contributed by atoms with Crippen molar-refractivity contribution >= 4 is 57.2 Å². The third kappa shape index (κ3) is 7.72. The van der Waals surface area contributed by atoms with Crippen molar-refractivity contribution in [2.24, 2.45) is 0 Å². The molecule has 2 saturated carbocycles. The Morgan fingerprint density at radius 1 is 0.603 bits per heavy atom. The highest BCUT2D eigenvalue weighted by Gasteiger charge is 2.41. The van der Waals surface area contributed by atoms with Crippen molar-refractivity contribution in [2.45, 2.75) is 63.0 Å². The van der Waals surface area contributed by atoms with Gasteiger partial charge in [0, 0.05) is 74.2 Å². The molecular formula is C40H42F2N16. The number of nitrogens with zero attached hydrogens (tertiary/aromatic N) is 10. The van der Waals surface area contributed by atoms with Crippen molar-refractivity contribution < 1.29 is 8.78 Å².